The molecule has 112 valence electrons. The number of rotatable bonds is 6. The van der Waals surface area contributed by atoms with E-state index in [1.165, 1.54) is 0 Å². The topological polar surface area (TPSA) is 56.5 Å². The van der Waals surface area contributed by atoms with E-state index in [4.69, 9.17) is 15.2 Å². The fraction of sp³-hybridized carbons (Fsp3) is 0.625. The minimum Gasteiger partial charge on any atom is -0.491 e. The lowest BCUT2D eigenvalue weighted by atomic mass is 9.99. The third kappa shape index (κ3) is 4.04. The van der Waals surface area contributed by atoms with Crippen molar-refractivity contribution < 1.29 is 9.47 Å². The number of nitrogens with one attached hydrogen (secondary N) is 1. The molecule has 0 aliphatic carbocycles. The summed E-state index contributed by atoms with van der Waals surface area (Å²) < 4.78 is 11.4. The quantitative estimate of drug-likeness (QED) is 0.784. The highest BCUT2D eigenvalue weighted by atomic mass is 16.5. The second kappa shape index (κ2) is 6.84. The molecule has 1 aliphatic heterocycles. The number of nitrogens with two attached hydrogens (primary N) is 1. The van der Waals surface area contributed by atoms with Gasteiger partial charge < -0.3 is 20.5 Å². The number of ether oxygens (including phenoxy) is 2. The fourth-order valence-electron chi connectivity index (χ4n) is 2.69. The molecule has 1 fully saturated rings. The molecule has 0 spiro atoms. The predicted molar refractivity (Wildman–Crippen MR) is 83.2 cm³/mol. The summed E-state index contributed by atoms with van der Waals surface area (Å²) in [6.45, 7) is 8.00. The minimum absolute atomic E-state index is 0.150. The Morgan fingerprint density at radius 1 is 1.40 bits per heavy atom. The van der Waals surface area contributed by atoms with Crippen molar-refractivity contribution in [1.29, 1.82) is 0 Å². The van der Waals surface area contributed by atoms with Gasteiger partial charge in [-0.2, -0.15) is 0 Å². The molecule has 2 unspecified atom stereocenters. The average Bonchev–Trinajstić information content (AvgIpc) is 2.82. The molecule has 4 heteroatoms. The first kappa shape index (κ1) is 15.0. The Hall–Kier alpha value is -1.42. The van der Waals surface area contributed by atoms with E-state index < -0.39 is 0 Å². The van der Waals surface area contributed by atoms with E-state index in [1.807, 2.05) is 32.0 Å². The van der Waals surface area contributed by atoms with Crippen molar-refractivity contribution in [3.05, 3.63) is 18.2 Å². The lowest BCUT2D eigenvalue weighted by molar-refractivity contribution is 0.0900. The SMILES string of the molecule is CCC1OCCC1CNc1cc(N)cc(OC(C)C)c1. The molecule has 0 saturated carbocycles. The van der Waals surface area contributed by atoms with Crippen LogP contribution in [-0.4, -0.2) is 25.4 Å². The summed E-state index contributed by atoms with van der Waals surface area (Å²) in [5.74, 6) is 1.40. The molecule has 2 atom stereocenters. The Kier molecular flexibility index (Phi) is 5.12. The molecule has 0 bridgehead atoms. The minimum atomic E-state index is 0.150. The van der Waals surface area contributed by atoms with Crippen molar-refractivity contribution in [2.75, 3.05) is 24.2 Å². The summed E-state index contributed by atoms with van der Waals surface area (Å²) in [6, 6.07) is 5.82. The van der Waals surface area contributed by atoms with Crippen molar-refractivity contribution in [2.45, 2.75) is 45.8 Å². The van der Waals surface area contributed by atoms with Crippen LogP contribution < -0.4 is 15.8 Å². The van der Waals surface area contributed by atoms with Gasteiger partial charge >= 0.3 is 0 Å². The third-order valence-electron chi connectivity index (χ3n) is 3.62. The first-order valence-electron chi connectivity index (χ1n) is 7.51. The van der Waals surface area contributed by atoms with Crippen LogP contribution in [-0.2, 0) is 4.74 Å². The first-order valence-corrected chi connectivity index (χ1v) is 7.51. The molecule has 0 radical (unpaired) electrons. The van der Waals surface area contributed by atoms with E-state index in [2.05, 4.69) is 12.2 Å². The van der Waals surface area contributed by atoms with Crippen LogP contribution in [0.4, 0.5) is 11.4 Å². The van der Waals surface area contributed by atoms with Crippen molar-refractivity contribution in [1.82, 2.24) is 0 Å². The summed E-state index contributed by atoms with van der Waals surface area (Å²) in [5.41, 5.74) is 7.67. The highest BCUT2D eigenvalue weighted by Crippen LogP contribution is 2.26. The molecular formula is C16H26N2O2. The van der Waals surface area contributed by atoms with Crippen LogP contribution in [0, 0.1) is 5.92 Å². The summed E-state index contributed by atoms with van der Waals surface area (Å²) in [5, 5.41) is 3.47. The maximum atomic E-state index is 5.93. The smallest absolute Gasteiger partial charge is 0.123 e. The number of anilines is 2. The zero-order valence-corrected chi connectivity index (χ0v) is 12.7. The Labute approximate surface area is 121 Å². The van der Waals surface area contributed by atoms with Crippen molar-refractivity contribution in [3.63, 3.8) is 0 Å². The van der Waals surface area contributed by atoms with Gasteiger partial charge in [0.15, 0.2) is 0 Å². The van der Waals surface area contributed by atoms with E-state index in [-0.39, 0.29) is 6.10 Å². The first-order chi connectivity index (χ1) is 9.58. The number of nitrogen functional groups attached to an aromatic ring is 1. The number of hydrogen-bond acceptors (Lipinski definition) is 4. The van der Waals surface area contributed by atoms with Crippen LogP contribution in [0.25, 0.3) is 0 Å². The standard InChI is InChI=1S/C16H26N2O2/c1-4-16-12(5-6-19-16)10-18-14-7-13(17)8-15(9-14)20-11(2)3/h7-9,11-12,16,18H,4-6,10,17H2,1-3H3. The van der Waals surface area contributed by atoms with Crippen LogP contribution >= 0.6 is 0 Å². The Morgan fingerprint density at radius 2 is 2.20 bits per heavy atom. The van der Waals surface area contributed by atoms with Crippen LogP contribution in [0.2, 0.25) is 0 Å². The zero-order valence-electron chi connectivity index (χ0n) is 12.7. The van der Waals surface area contributed by atoms with Gasteiger partial charge in [0.25, 0.3) is 0 Å². The number of benzene rings is 1. The lowest BCUT2D eigenvalue weighted by Crippen LogP contribution is -2.22. The van der Waals surface area contributed by atoms with E-state index in [0.717, 1.165) is 43.1 Å². The van der Waals surface area contributed by atoms with Crippen LogP contribution in [0.3, 0.4) is 0 Å². The van der Waals surface area contributed by atoms with Gasteiger partial charge in [-0.05, 0) is 32.8 Å². The van der Waals surface area contributed by atoms with Crippen LogP contribution in [0.5, 0.6) is 5.75 Å². The van der Waals surface area contributed by atoms with E-state index >= 15 is 0 Å². The average molecular weight is 278 g/mol. The van der Waals surface area contributed by atoms with E-state index in [9.17, 15) is 0 Å². The van der Waals surface area contributed by atoms with Gasteiger partial charge in [-0.3, -0.25) is 0 Å². The van der Waals surface area contributed by atoms with Gasteiger partial charge in [-0.25, -0.2) is 0 Å². The highest BCUT2D eigenvalue weighted by molar-refractivity contribution is 5.59. The van der Waals surface area contributed by atoms with Crippen molar-refractivity contribution in [2.24, 2.45) is 5.92 Å². The molecule has 1 aromatic carbocycles. The molecule has 0 aromatic heterocycles. The maximum Gasteiger partial charge on any atom is 0.123 e. The van der Waals surface area contributed by atoms with E-state index in [0.29, 0.717) is 12.0 Å². The fourth-order valence-corrected chi connectivity index (χ4v) is 2.69. The summed E-state index contributed by atoms with van der Waals surface area (Å²) in [6.07, 6.45) is 2.74. The summed E-state index contributed by atoms with van der Waals surface area (Å²) in [4.78, 5) is 0. The van der Waals surface area contributed by atoms with Gasteiger partial charge in [0.05, 0.1) is 12.2 Å². The predicted octanol–water partition coefficient (Wildman–Crippen LogP) is 3.28. The Morgan fingerprint density at radius 3 is 2.90 bits per heavy atom. The molecule has 1 aromatic rings. The molecule has 4 nitrogen and oxygen atoms in total. The van der Waals surface area contributed by atoms with Gasteiger partial charge in [-0.15, -0.1) is 0 Å². The molecule has 2 rings (SSSR count). The monoisotopic (exact) mass is 278 g/mol. The largest absolute Gasteiger partial charge is 0.491 e. The molecular weight excluding hydrogens is 252 g/mol. The van der Waals surface area contributed by atoms with Gasteiger partial charge in [-0.1, -0.05) is 6.92 Å². The summed E-state index contributed by atoms with van der Waals surface area (Å²) >= 11 is 0. The van der Waals surface area contributed by atoms with Crippen LogP contribution in [0.1, 0.15) is 33.6 Å². The summed E-state index contributed by atoms with van der Waals surface area (Å²) in [7, 11) is 0. The third-order valence-corrected chi connectivity index (χ3v) is 3.62. The molecule has 3 N–H and O–H groups in total. The normalized spacial score (nSPS) is 22.2. The molecule has 20 heavy (non-hydrogen) atoms. The molecule has 1 saturated heterocycles. The second-order valence-electron chi connectivity index (χ2n) is 5.70. The van der Waals surface area contributed by atoms with E-state index in [1.54, 1.807) is 0 Å². The maximum absolute atomic E-state index is 5.93. The van der Waals surface area contributed by atoms with Crippen LogP contribution in [0.15, 0.2) is 18.2 Å². The zero-order chi connectivity index (χ0) is 14.5. The molecule has 1 heterocycles. The molecule has 0 amide bonds. The van der Waals surface area contributed by atoms with Gasteiger partial charge in [0.1, 0.15) is 5.75 Å². The van der Waals surface area contributed by atoms with Crippen molar-refractivity contribution >= 4 is 11.4 Å². The van der Waals surface area contributed by atoms with Gasteiger partial charge in [0, 0.05) is 42.6 Å². The van der Waals surface area contributed by atoms with Gasteiger partial charge in [0.2, 0.25) is 0 Å². The second-order valence-corrected chi connectivity index (χ2v) is 5.70. The van der Waals surface area contributed by atoms with Crippen molar-refractivity contribution in [3.8, 4) is 5.75 Å². The highest BCUT2D eigenvalue weighted by Gasteiger charge is 2.26. The Bertz CT molecular complexity index is 434. The number of hydrogen-bond donors (Lipinski definition) is 2. The lowest BCUT2D eigenvalue weighted by Gasteiger charge is -2.19. The molecule has 1 aliphatic rings. The Balaban J connectivity index is 1.96.